The van der Waals surface area contributed by atoms with Gasteiger partial charge in [0.25, 0.3) is 5.91 Å². The summed E-state index contributed by atoms with van der Waals surface area (Å²) in [4.78, 5) is 32.7. The molecule has 1 aromatic heterocycles. The molecule has 0 spiro atoms. The van der Waals surface area contributed by atoms with Crippen LogP contribution in [0.5, 0.6) is 11.5 Å². The highest BCUT2D eigenvalue weighted by Gasteiger charge is 2.24. The van der Waals surface area contributed by atoms with Gasteiger partial charge < -0.3 is 19.5 Å². The molecule has 0 unspecified atom stereocenters. The highest BCUT2D eigenvalue weighted by Crippen LogP contribution is 2.31. The minimum Gasteiger partial charge on any atom is -0.493 e. The van der Waals surface area contributed by atoms with Crippen molar-refractivity contribution in [2.45, 2.75) is 6.61 Å². The number of carbonyl (C=O) groups excluding carboxylic acids is 2. The Balaban J connectivity index is 1.29. The van der Waals surface area contributed by atoms with Crippen molar-refractivity contribution in [3.05, 3.63) is 106 Å². The van der Waals surface area contributed by atoms with E-state index in [2.05, 4.69) is 25.5 Å². The molecule has 3 aromatic carbocycles. The Morgan fingerprint density at radius 2 is 1.92 bits per heavy atom. The zero-order valence-electron chi connectivity index (χ0n) is 20.0. The van der Waals surface area contributed by atoms with Gasteiger partial charge in [-0.1, -0.05) is 35.9 Å². The van der Waals surface area contributed by atoms with Crippen molar-refractivity contribution in [2.75, 3.05) is 12.4 Å². The number of nitrogens with one attached hydrogen (secondary N) is 2. The number of aromatic nitrogens is 3. The summed E-state index contributed by atoms with van der Waals surface area (Å²) in [6.45, 7) is 0.277. The van der Waals surface area contributed by atoms with Crippen LogP contribution < -0.4 is 14.8 Å². The van der Waals surface area contributed by atoms with Crippen LogP contribution in [0.1, 0.15) is 27.3 Å². The summed E-state index contributed by atoms with van der Waals surface area (Å²) in [5.74, 6) is 0.255. The van der Waals surface area contributed by atoms with Crippen molar-refractivity contribution in [2.24, 2.45) is 4.99 Å². The van der Waals surface area contributed by atoms with E-state index in [4.69, 9.17) is 25.8 Å². The highest BCUT2D eigenvalue weighted by molar-refractivity contribution is 6.31. The molecule has 4 aromatic rings. The van der Waals surface area contributed by atoms with Crippen molar-refractivity contribution in [3.63, 3.8) is 0 Å². The van der Waals surface area contributed by atoms with E-state index in [1.807, 2.05) is 18.2 Å². The first-order valence-corrected chi connectivity index (χ1v) is 11.7. The monoisotopic (exact) mass is 529 g/mol. The molecule has 0 saturated heterocycles. The maximum atomic E-state index is 12.5. The number of rotatable bonds is 8. The number of aromatic amines is 1. The third kappa shape index (κ3) is 5.55. The molecule has 190 valence electrons. The standard InChI is InChI=1S/C27H20ClN5O5/c1-36-23-13-16(6-11-22(23)37-14-18-4-2-3-5-20(18)28)12-21-27(35)38-26(32-21)17-7-9-19(10-8-17)31-25(34)24-29-15-30-33-24/h2-13,15H,14H2,1H3,(H,31,34)(H,29,30,33)/b21-12+. The van der Waals surface area contributed by atoms with E-state index in [0.29, 0.717) is 33.3 Å². The third-order valence-corrected chi connectivity index (χ3v) is 5.84. The van der Waals surface area contributed by atoms with Crippen LogP contribution in [0.2, 0.25) is 5.02 Å². The third-order valence-electron chi connectivity index (χ3n) is 5.47. The number of anilines is 1. The van der Waals surface area contributed by atoms with Gasteiger partial charge in [0.15, 0.2) is 17.2 Å². The Morgan fingerprint density at radius 1 is 1.11 bits per heavy atom. The number of carbonyl (C=O) groups is 2. The van der Waals surface area contributed by atoms with Crippen LogP contribution in [0.15, 0.2) is 83.7 Å². The van der Waals surface area contributed by atoms with Gasteiger partial charge in [-0.05, 0) is 54.1 Å². The van der Waals surface area contributed by atoms with E-state index >= 15 is 0 Å². The Bertz CT molecular complexity index is 1550. The van der Waals surface area contributed by atoms with Crippen molar-refractivity contribution >= 4 is 41.1 Å². The number of H-pyrrole nitrogens is 1. The highest BCUT2D eigenvalue weighted by atomic mass is 35.5. The zero-order chi connectivity index (χ0) is 26.5. The number of cyclic esters (lactones) is 1. The maximum Gasteiger partial charge on any atom is 0.363 e. The molecule has 0 aliphatic carbocycles. The molecule has 0 bridgehead atoms. The summed E-state index contributed by atoms with van der Waals surface area (Å²) in [5, 5.41) is 9.45. The van der Waals surface area contributed by atoms with Gasteiger partial charge in [0, 0.05) is 21.8 Å². The first kappa shape index (κ1) is 24.7. The quantitative estimate of drug-likeness (QED) is 0.251. The number of nitrogens with zero attached hydrogens (tertiary/aromatic N) is 3. The number of methoxy groups -OCH3 is 1. The van der Waals surface area contributed by atoms with Crippen molar-refractivity contribution < 1.29 is 23.8 Å². The fraction of sp³-hybridized carbons (Fsp3) is 0.0741. The molecule has 2 heterocycles. The van der Waals surface area contributed by atoms with Gasteiger partial charge in [-0.3, -0.25) is 9.89 Å². The summed E-state index contributed by atoms with van der Waals surface area (Å²) >= 11 is 6.20. The SMILES string of the molecule is COc1cc(/C=C2/N=C(c3ccc(NC(=O)c4ncn[nH]4)cc3)OC2=O)ccc1OCc1ccccc1Cl. The molecular formula is C27H20ClN5O5. The van der Waals surface area contributed by atoms with Gasteiger partial charge in [-0.15, -0.1) is 0 Å². The van der Waals surface area contributed by atoms with E-state index in [-0.39, 0.29) is 24.0 Å². The Hall–Kier alpha value is -4.96. The van der Waals surface area contributed by atoms with Crippen LogP contribution in [-0.4, -0.2) is 40.1 Å². The Labute approximate surface area is 221 Å². The molecule has 10 nitrogen and oxygen atoms in total. The lowest BCUT2D eigenvalue weighted by molar-refractivity contribution is -0.129. The predicted molar refractivity (Wildman–Crippen MR) is 140 cm³/mol. The number of halogens is 1. The molecule has 1 aliphatic rings. The van der Waals surface area contributed by atoms with Crippen molar-refractivity contribution in [1.82, 2.24) is 15.2 Å². The molecular weight excluding hydrogens is 510 g/mol. The van der Waals surface area contributed by atoms with E-state index in [1.165, 1.54) is 13.4 Å². The lowest BCUT2D eigenvalue weighted by Gasteiger charge is -2.12. The number of benzene rings is 3. The molecule has 38 heavy (non-hydrogen) atoms. The molecule has 1 amide bonds. The normalized spacial score (nSPS) is 13.7. The Kier molecular flexibility index (Phi) is 7.14. The molecule has 0 atom stereocenters. The minimum absolute atomic E-state index is 0.0924. The number of hydrogen-bond donors (Lipinski definition) is 2. The first-order valence-electron chi connectivity index (χ1n) is 11.3. The van der Waals surface area contributed by atoms with Gasteiger partial charge in [0.05, 0.1) is 7.11 Å². The molecule has 0 radical (unpaired) electrons. The molecule has 0 fully saturated rings. The summed E-state index contributed by atoms with van der Waals surface area (Å²) < 4.78 is 16.7. The lowest BCUT2D eigenvalue weighted by atomic mass is 10.1. The smallest absolute Gasteiger partial charge is 0.363 e. The van der Waals surface area contributed by atoms with Crippen LogP contribution in [0.4, 0.5) is 5.69 Å². The van der Waals surface area contributed by atoms with E-state index in [1.54, 1.807) is 54.6 Å². The average Bonchev–Trinajstić information content (AvgIpc) is 3.60. The fourth-order valence-corrected chi connectivity index (χ4v) is 3.75. The number of aliphatic imine (C=N–C) groups is 1. The lowest BCUT2D eigenvalue weighted by Crippen LogP contribution is -2.14. The maximum absolute atomic E-state index is 12.5. The summed E-state index contributed by atoms with van der Waals surface area (Å²) in [5.41, 5.74) is 2.76. The van der Waals surface area contributed by atoms with E-state index in [9.17, 15) is 9.59 Å². The second-order valence-electron chi connectivity index (χ2n) is 7.99. The largest absolute Gasteiger partial charge is 0.493 e. The topological polar surface area (TPSA) is 128 Å². The first-order chi connectivity index (χ1) is 18.5. The molecule has 0 saturated carbocycles. The Morgan fingerprint density at radius 3 is 2.66 bits per heavy atom. The van der Waals surface area contributed by atoms with Crippen LogP contribution >= 0.6 is 11.6 Å². The van der Waals surface area contributed by atoms with Crippen molar-refractivity contribution in [1.29, 1.82) is 0 Å². The summed E-state index contributed by atoms with van der Waals surface area (Å²) in [6.07, 6.45) is 2.85. The number of amides is 1. The second kappa shape index (κ2) is 11.0. The van der Waals surface area contributed by atoms with Crippen LogP contribution in [-0.2, 0) is 16.1 Å². The zero-order valence-corrected chi connectivity index (χ0v) is 20.7. The van der Waals surface area contributed by atoms with Gasteiger partial charge in [0.2, 0.25) is 11.7 Å². The molecule has 2 N–H and O–H groups in total. The van der Waals surface area contributed by atoms with Crippen LogP contribution in [0, 0.1) is 0 Å². The van der Waals surface area contributed by atoms with E-state index in [0.717, 1.165) is 5.56 Å². The summed E-state index contributed by atoms with van der Waals surface area (Å²) in [7, 11) is 1.53. The second-order valence-corrected chi connectivity index (χ2v) is 8.40. The van der Waals surface area contributed by atoms with Crippen LogP contribution in [0.3, 0.4) is 0 Å². The fourth-order valence-electron chi connectivity index (χ4n) is 3.56. The predicted octanol–water partition coefficient (Wildman–Crippen LogP) is 4.64. The summed E-state index contributed by atoms with van der Waals surface area (Å²) in [6, 6.07) is 19.4. The van der Waals surface area contributed by atoms with Crippen molar-refractivity contribution in [3.8, 4) is 11.5 Å². The number of hydrogen-bond acceptors (Lipinski definition) is 8. The van der Waals surface area contributed by atoms with Gasteiger partial charge >= 0.3 is 5.97 Å². The van der Waals surface area contributed by atoms with Gasteiger partial charge in [-0.2, -0.15) is 5.10 Å². The van der Waals surface area contributed by atoms with E-state index < -0.39 is 11.9 Å². The average molecular weight is 530 g/mol. The van der Waals surface area contributed by atoms with Crippen LogP contribution in [0.25, 0.3) is 6.08 Å². The minimum atomic E-state index is -0.583. The molecule has 11 heteroatoms. The van der Waals surface area contributed by atoms with Gasteiger partial charge in [0.1, 0.15) is 12.9 Å². The molecule has 1 aliphatic heterocycles. The number of ether oxygens (including phenoxy) is 3. The van der Waals surface area contributed by atoms with Gasteiger partial charge in [-0.25, -0.2) is 14.8 Å². The number of esters is 1. The molecule has 5 rings (SSSR count).